The minimum absolute atomic E-state index is 0.246. The minimum Gasteiger partial charge on any atom is -0.356 e. The molecule has 0 aromatic rings. The number of rotatable bonds is 6. The fourth-order valence-corrected chi connectivity index (χ4v) is 4.34. The average Bonchev–Trinajstić information content (AvgIpc) is 3.08. The van der Waals surface area contributed by atoms with Gasteiger partial charge in [-0.2, -0.15) is 0 Å². The molecule has 0 unspecified atom stereocenters. The van der Waals surface area contributed by atoms with Crippen molar-refractivity contribution in [1.29, 1.82) is 0 Å². The Morgan fingerprint density at radius 1 is 1.08 bits per heavy atom. The van der Waals surface area contributed by atoms with E-state index in [-0.39, 0.29) is 11.3 Å². The molecule has 2 aliphatic carbocycles. The lowest BCUT2D eigenvalue weighted by Gasteiger charge is -2.31. The molecule has 0 spiro atoms. The largest absolute Gasteiger partial charge is 0.356 e. The summed E-state index contributed by atoms with van der Waals surface area (Å²) in [6, 6.07) is 0. The van der Waals surface area contributed by atoms with Gasteiger partial charge in [-0.15, -0.1) is 0 Å². The first-order chi connectivity index (χ1) is 11.6. The van der Waals surface area contributed by atoms with Crippen LogP contribution in [0.15, 0.2) is 4.99 Å². The maximum atomic E-state index is 12.6. The first-order valence-electron chi connectivity index (χ1n) is 9.74. The molecule has 5 nitrogen and oxygen atoms in total. The summed E-state index contributed by atoms with van der Waals surface area (Å²) in [6.07, 6.45) is 12.5. The Morgan fingerprint density at radius 3 is 2.33 bits per heavy atom. The molecule has 1 amide bonds. The second-order valence-corrected chi connectivity index (χ2v) is 7.83. The average molecular weight is 337 g/mol. The van der Waals surface area contributed by atoms with Crippen molar-refractivity contribution in [3.05, 3.63) is 0 Å². The van der Waals surface area contributed by atoms with Crippen molar-refractivity contribution in [3.8, 4) is 0 Å². The number of hydrogen-bond donors (Lipinski definition) is 2. The molecular formula is C19H36N4O. The Morgan fingerprint density at radius 2 is 1.75 bits per heavy atom. The fourth-order valence-electron chi connectivity index (χ4n) is 4.34. The van der Waals surface area contributed by atoms with Crippen molar-refractivity contribution in [2.24, 2.45) is 16.3 Å². The molecular weight excluding hydrogens is 300 g/mol. The van der Waals surface area contributed by atoms with Crippen LogP contribution in [0.4, 0.5) is 0 Å². The van der Waals surface area contributed by atoms with E-state index in [1.165, 1.54) is 38.5 Å². The quantitative estimate of drug-likeness (QED) is 0.579. The van der Waals surface area contributed by atoms with Crippen molar-refractivity contribution in [1.82, 2.24) is 15.5 Å². The number of aliphatic imine (C=N–C) groups is 1. The smallest absolute Gasteiger partial charge is 0.230 e. The molecule has 2 fully saturated rings. The van der Waals surface area contributed by atoms with Crippen LogP contribution >= 0.6 is 0 Å². The Balaban J connectivity index is 1.78. The molecule has 0 aromatic carbocycles. The van der Waals surface area contributed by atoms with Gasteiger partial charge in [0.25, 0.3) is 0 Å². The van der Waals surface area contributed by atoms with E-state index in [2.05, 4.69) is 15.6 Å². The number of hydrogen-bond acceptors (Lipinski definition) is 2. The Labute approximate surface area is 147 Å². The van der Waals surface area contributed by atoms with E-state index in [0.717, 1.165) is 44.1 Å². The normalized spacial score (nSPS) is 21.5. The number of amides is 1. The summed E-state index contributed by atoms with van der Waals surface area (Å²) in [4.78, 5) is 18.7. The molecule has 2 aliphatic rings. The molecule has 138 valence electrons. The van der Waals surface area contributed by atoms with Gasteiger partial charge in [-0.1, -0.05) is 44.9 Å². The van der Waals surface area contributed by atoms with Crippen LogP contribution in [0.25, 0.3) is 0 Å². The first kappa shape index (κ1) is 19.1. The zero-order valence-corrected chi connectivity index (χ0v) is 15.9. The van der Waals surface area contributed by atoms with Crippen LogP contribution in [0.5, 0.6) is 0 Å². The van der Waals surface area contributed by atoms with Gasteiger partial charge < -0.3 is 15.5 Å². The molecule has 24 heavy (non-hydrogen) atoms. The van der Waals surface area contributed by atoms with E-state index >= 15 is 0 Å². The number of guanidine groups is 1. The fraction of sp³-hybridized carbons (Fsp3) is 0.895. The molecule has 0 aromatic heterocycles. The summed E-state index contributed by atoms with van der Waals surface area (Å²) in [7, 11) is 5.53. The first-order valence-corrected chi connectivity index (χ1v) is 9.74. The van der Waals surface area contributed by atoms with E-state index in [1.807, 2.05) is 21.1 Å². The highest BCUT2D eigenvalue weighted by Gasteiger charge is 2.42. The van der Waals surface area contributed by atoms with Crippen LogP contribution in [0, 0.1) is 11.3 Å². The van der Waals surface area contributed by atoms with Gasteiger partial charge in [0.05, 0.1) is 5.41 Å². The maximum Gasteiger partial charge on any atom is 0.230 e. The van der Waals surface area contributed by atoms with Crippen molar-refractivity contribution < 1.29 is 4.79 Å². The highest BCUT2D eigenvalue weighted by Crippen LogP contribution is 2.38. The van der Waals surface area contributed by atoms with Crippen LogP contribution in [0.2, 0.25) is 0 Å². The molecule has 0 bridgehead atoms. The summed E-state index contributed by atoms with van der Waals surface area (Å²) in [5.41, 5.74) is -0.246. The predicted molar refractivity (Wildman–Crippen MR) is 100 cm³/mol. The standard InChI is InChI=1S/C19H36N4O/c1-20-18(21-14-11-16-9-5-4-6-10-16)22-15-19(12-7-8-13-19)17(24)23(2)3/h16H,4-15H2,1-3H3,(H2,20,21,22). The third kappa shape index (κ3) is 5.12. The van der Waals surface area contributed by atoms with Crippen molar-refractivity contribution in [2.75, 3.05) is 34.2 Å². The monoisotopic (exact) mass is 336 g/mol. The number of carbonyl (C=O) groups is 1. The van der Waals surface area contributed by atoms with Gasteiger partial charge in [0.15, 0.2) is 5.96 Å². The van der Waals surface area contributed by atoms with Crippen molar-refractivity contribution in [3.63, 3.8) is 0 Å². The topological polar surface area (TPSA) is 56.7 Å². The zero-order chi connectivity index (χ0) is 17.4. The van der Waals surface area contributed by atoms with Gasteiger partial charge in [-0.05, 0) is 25.2 Å². The summed E-state index contributed by atoms with van der Waals surface area (Å²) >= 11 is 0. The lowest BCUT2D eigenvalue weighted by Crippen LogP contribution is -2.49. The molecule has 2 saturated carbocycles. The molecule has 0 atom stereocenters. The SMILES string of the molecule is CN=C(NCCC1CCCCC1)NCC1(C(=O)N(C)C)CCCC1. The van der Waals surface area contributed by atoms with Gasteiger partial charge in [-0.25, -0.2) is 0 Å². The van der Waals surface area contributed by atoms with E-state index in [9.17, 15) is 4.79 Å². The van der Waals surface area contributed by atoms with Gasteiger partial charge in [0.2, 0.25) is 5.91 Å². The summed E-state index contributed by atoms with van der Waals surface area (Å²) in [6.45, 7) is 1.66. The van der Waals surface area contributed by atoms with Gasteiger partial charge in [0, 0.05) is 34.2 Å². The molecule has 0 heterocycles. The predicted octanol–water partition coefficient (Wildman–Crippen LogP) is 2.77. The molecule has 2 N–H and O–H groups in total. The van der Waals surface area contributed by atoms with Crippen LogP contribution in [0.1, 0.15) is 64.2 Å². The highest BCUT2D eigenvalue weighted by molar-refractivity contribution is 5.85. The van der Waals surface area contributed by atoms with E-state index < -0.39 is 0 Å². The zero-order valence-electron chi connectivity index (χ0n) is 15.9. The van der Waals surface area contributed by atoms with Gasteiger partial charge >= 0.3 is 0 Å². The van der Waals surface area contributed by atoms with Gasteiger partial charge in [0.1, 0.15) is 0 Å². The Kier molecular flexibility index (Phi) is 7.38. The molecule has 0 aliphatic heterocycles. The number of carbonyl (C=O) groups excluding carboxylic acids is 1. The summed E-state index contributed by atoms with van der Waals surface area (Å²) in [5, 5.41) is 6.86. The van der Waals surface area contributed by atoms with Crippen LogP contribution in [0.3, 0.4) is 0 Å². The Hall–Kier alpha value is -1.26. The third-order valence-electron chi connectivity index (χ3n) is 5.81. The highest BCUT2D eigenvalue weighted by atomic mass is 16.2. The number of nitrogens with zero attached hydrogens (tertiary/aromatic N) is 2. The van der Waals surface area contributed by atoms with E-state index in [1.54, 1.807) is 4.90 Å². The second-order valence-electron chi connectivity index (χ2n) is 7.83. The molecule has 2 rings (SSSR count). The lowest BCUT2D eigenvalue weighted by molar-refractivity contribution is -0.138. The van der Waals surface area contributed by atoms with Gasteiger partial charge in [-0.3, -0.25) is 9.79 Å². The second kappa shape index (κ2) is 9.28. The molecule has 0 saturated heterocycles. The molecule has 0 radical (unpaired) electrons. The van der Waals surface area contributed by atoms with E-state index in [4.69, 9.17) is 0 Å². The maximum absolute atomic E-state index is 12.6. The van der Waals surface area contributed by atoms with Crippen LogP contribution in [-0.2, 0) is 4.79 Å². The minimum atomic E-state index is -0.246. The van der Waals surface area contributed by atoms with Crippen LogP contribution < -0.4 is 10.6 Å². The lowest BCUT2D eigenvalue weighted by atomic mass is 9.84. The van der Waals surface area contributed by atoms with E-state index in [0.29, 0.717) is 6.54 Å². The Bertz CT molecular complexity index is 421. The molecule has 5 heteroatoms. The third-order valence-corrected chi connectivity index (χ3v) is 5.81. The van der Waals surface area contributed by atoms with Crippen molar-refractivity contribution in [2.45, 2.75) is 64.2 Å². The summed E-state index contributed by atoms with van der Waals surface area (Å²) in [5.74, 6) is 1.97. The van der Waals surface area contributed by atoms with Crippen molar-refractivity contribution >= 4 is 11.9 Å². The summed E-state index contributed by atoms with van der Waals surface area (Å²) < 4.78 is 0. The number of nitrogens with one attached hydrogen (secondary N) is 2. The van der Waals surface area contributed by atoms with Crippen LogP contribution in [-0.4, -0.2) is 51.0 Å².